The van der Waals surface area contributed by atoms with Crippen LogP contribution in [-0.2, 0) is 17.9 Å². The predicted octanol–water partition coefficient (Wildman–Crippen LogP) is -2.68. The average molecular weight is 310 g/mol. The molecule has 7 nitrogen and oxygen atoms in total. The zero-order valence-corrected chi connectivity index (χ0v) is 11.6. The maximum absolute atomic E-state index is 11.9. The molecule has 1 amide bonds. The lowest BCUT2D eigenvalue weighted by Crippen LogP contribution is -3.00. The maximum atomic E-state index is 11.9. The molecule has 0 unspecified atom stereocenters. The highest BCUT2D eigenvalue weighted by atomic mass is 35.5. The van der Waals surface area contributed by atoms with E-state index in [1.54, 1.807) is 41.3 Å². The molecule has 0 saturated heterocycles. The molecule has 3 aromatic heterocycles. The van der Waals surface area contributed by atoms with E-state index in [-0.39, 0.29) is 24.9 Å². The summed E-state index contributed by atoms with van der Waals surface area (Å²) in [4.78, 5) is 25.6. The highest BCUT2D eigenvalue weighted by Gasteiger charge is 2.15. The number of nitrogens with zero attached hydrogens (tertiary/aromatic N) is 1. The molecule has 0 bridgehead atoms. The van der Waals surface area contributed by atoms with Gasteiger partial charge in [0.05, 0.1) is 19.0 Å². The van der Waals surface area contributed by atoms with E-state index in [4.69, 9.17) is 8.83 Å². The van der Waals surface area contributed by atoms with Crippen molar-refractivity contribution in [1.82, 2.24) is 10.3 Å². The van der Waals surface area contributed by atoms with Gasteiger partial charge in [-0.2, -0.15) is 9.78 Å². The Balaban J connectivity index is 0.00000161. The van der Waals surface area contributed by atoms with Crippen LogP contribution in [0.15, 0.2) is 50.4 Å². The Morgan fingerprint density at radius 3 is 2.95 bits per heavy atom. The van der Waals surface area contributed by atoms with Crippen LogP contribution < -0.4 is 28.0 Å². The molecular formula is C13H12ClN3O4. The number of oxazole rings is 1. The SMILES string of the molecule is O=C(C[n+]1cccc2oc(=O)[nH]c21)NCc1ccco1.[Cl-]. The second-order valence-electron chi connectivity index (χ2n) is 4.22. The minimum absolute atomic E-state index is 0. The van der Waals surface area contributed by atoms with Gasteiger partial charge in [-0.05, 0) is 24.3 Å². The molecule has 21 heavy (non-hydrogen) atoms. The van der Waals surface area contributed by atoms with Crippen LogP contribution in [0.4, 0.5) is 0 Å². The summed E-state index contributed by atoms with van der Waals surface area (Å²) < 4.78 is 11.7. The molecule has 8 heteroatoms. The highest BCUT2D eigenvalue weighted by Crippen LogP contribution is 2.02. The lowest BCUT2D eigenvalue weighted by atomic mass is 10.4. The number of aromatic nitrogens is 2. The Labute approximate surface area is 125 Å². The van der Waals surface area contributed by atoms with Gasteiger partial charge in [-0.1, -0.05) is 0 Å². The first-order chi connectivity index (χ1) is 9.72. The summed E-state index contributed by atoms with van der Waals surface area (Å²) in [6.07, 6.45) is 3.24. The molecule has 0 saturated carbocycles. The molecule has 0 radical (unpaired) electrons. The van der Waals surface area contributed by atoms with Gasteiger partial charge in [-0.25, -0.2) is 4.57 Å². The van der Waals surface area contributed by atoms with E-state index >= 15 is 0 Å². The van der Waals surface area contributed by atoms with Crippen LogP contribution in [0.1, 0.15) is 5.76 Å². The largest absolute Gasteiger partial charge is 1.00 e. The quantitative estimate of drug-likeness (QED) is 0.514. The van der Waals surface area contributed by atoms with Gasteiger partial charge >= 0.3 is 11.4 Å². The van der Waals surface area contributed by atoms with Gasteiger partial charge in [0.25, 0.3) is 5.91 Å². The third-order valence-electron chi connectivity index (χ3n) is 2.81. The first-order valence-electron chi connectivity index (χ1n) is 6.03. The molecule has 0 spiro atoms. The molecule has 3 aromatic rings. The van der Waals surface area contributed by atoms with Gasteiger partial charge in [0.15, 0.2) is 6.54 Å². The van der Waals surface area contributed by atoms with E-state index in [0.717, 1.165) is 0 Å². The summed E-state index contributed by atoms with van der Waals surface area (Å²) in [5.74, 6) is -0.0600. The van der Waals surface area contributed by atoms with Crippen molar-refractivity contribution in [3.63, 3.8) is 0 Å². The number of furan rings is 1. The smallest absolute Gasteiger partial charge is 0.510 e. The molecule has 3 rings (SSSR count). The number of H-pyrrole nitrogens is 1. The van der Waals surface area contributed by atoms with Crippen molar-refractivity contribution in [3.05, 3.63) is 53.0 Å². The second-order valence-corrected chi connectivity index (χ2v) is 4.22. The van der Waals surface area contributed by atoms with Gasteiger partial charge in [0.2, 0.25) is 5.58 Å². The first kappa shape index (κ1) is 14.9. The van der Waals surface area contributed by atoms with Gasteiger partial charge < -0.3 is 26.6 Å². The summed E-state index contributed by atoms with van der Waals surface area (Å²) in [6.45, 7) is 0.401. The van der Waals surface area contributed by atoms with E-state index < -0.39 is 5.76 Å². The number of nitrogens with one attached hydrogen (secondary N) is 2. The van der Waals surface area contributed by atoms with Crippen molar-refractivity contribution in [2.45, 2.75) is 13.1 Å². The molecule has 2 N–H and O–H groups in total. The lowest BCUT2D eigenvalue weighted by Gasteiger charge is -2.02. The Morgan fingerprint density at radius 1 is 1.33 bits per heavy atom. The van der Waals surface area contributed by atoms with Crippen molar-refractivity contribution < 1.29 is 30.6 Å². The van der Waals surface area contributed by atoms with Crippen molar-refractivity contribution >= 4 is 17.1 Å². The topological polar surface area (TPSA) is 92.1 Å². The van der Waals surface area contributed by atoms with Gasteiger partial charge in [-0.3, -0.25) is 4.79 Å². The van der Waals surface area contributed by atoms with Crippen LogP contribution in [0.5, 0.6) is 0 Å². The molecule has 0 aromatic carbocycles. The van der Waals surface area contributed by atoms with E-state index in [2.05, 4.69) is 10.3 Å². The normalized spacial score (nSPS) is 10.3. The fourth-order valence-electron chi connectivity index (χ4n) is 1.91. The zero-order valence-electron chi connectivity index (χ0n) is 10.8. The van der Waals surface area contributed by atoms with E-state index in [1.807, 2.05) is 0 Å². The maximum Gasteiger partial charge on any atom is 0.510 e. The predicted molar refractivity (Wildman–Crippen MR) is 67.6 cm³/mol. The summed E-state index contributed by atoms with van der Waals surface area (Å²) in [6, 6.07) is 6.90. The molecular weight excluding hydrogens is 298 g/mol. The number of fused-ring (bicyclic) bond motifs is 1. The monoisotopic (exact) mass is 309 g/mol. The average Bonchev–Trinajstić information content (AvgIpc) is 3.05. The van der Waals surface area contributed by atoms with Gasteiger partial charge in [0, 0.05) is 0 Å². The zero-order chi connectivity index (χ0) is 13.9. The molecule has 0 aliphatic carbocycles. The van der Waals surface area contributed by atoms with Crippen molar-refractivity contribution in [3.8, 4) is 0 Å². The second kappa shape index (κ2) is 6.27. The van der Waals surface area contributed by atoms with Crippen LogP contribution >= 0.6 is 0 Å². The third-order valence-corrected chi connectivity index (χ3v) is 2.81. The fraction of sp³-hybridized carbons (Fsp3) is 0.154. The van der Waals surface area contributed by atoms with E-state index in [0.29, 0.717) is 23.5 Å². The number of rotatable bonds is 4. The Hall–Kier alpha value is -2.54. The number of amides is 1. The minimum Gasteiger partial charge on any atom is -1.00 e. The summed E-state index contributed by atoms with van der Waals surface area (Å²) in [5.41, 5.74) is 0.891. The number of halogens is 1. The van der Waals surface area contributed by atoms with Crippen LogP contribution in [0, 0.1) is 0 Å². The number of aromatic amines is 1. The van der Waals surface area contributed by atoms with E-state index in [9.17, 15) is 9.59 Å². The van der Waals surface area contributed by atoms with Gasteiger partial charge in [-0.15, -0.1) is 0 Å². The minimum atomic E-state index is -0.545. The Morgan fingerprint density at radius 2 is 2.19 bits per heavy atom. The Bertz CT molecular complexity index is 791. The highest BCUT2D eigenvalue weighted by molar-refractivity contribution is 5.74. The number of hydrogen-bond donors (Lipinski definition) is 2. The molecule has 3 heterocycles. The standard InChI is InChI=1S/C13H11N3O4.ClH/c17-11(14-7-9-3-2-6-19-9)8-16-5-1-4-10-12(16)15-13(18)20-10;/h1-6H,7-8H2,(H,14,17);1H. The Kier molecular flexibility index (Phi) is 4.44. The lowest BCUT2D eigenvalue weighted by molar-refractivity contribution is -0.660. The summed E-state index contributed by atoms with van der Waals surface area (Å²) in [5, 5.41) is 2.73. The van der Waals surface area contributed by atoms with Crippen LogP contribution in [0.3, 0.4) is 0 Å². The molecule has 0 aliphatic rings. The number of hydrogen-bond acceptors (Lipinski definition) is 4. The first-order valence-corrected chi connectivity index (χ1v) is 6.03. The third kappa shape index (κ3) is 3.32. The summed E-state index contributed by atoms with van der Waals surface area (Å²) >= 11 is 0. The van der Waals surface area contributed by atoms with Crippen molar-refractivity contribution in [2.75, 3.05) is 0 Å². The number of carbonyl (C=O) groups excluding carboxylic acids is 1. The molecule has 0 atom stereocenters. The van der Waals surface area contributed by atoms with Crippen LogP contribution in [0.2, 0.25) is 0 Å². The van der Waals surface area contributed by atoms with Crippen LogP contribution in [-0.4, -0.2) is 10.9 Å². The molecule has 0 aliphatic heterocycles. The number of carbonyl (C=O) groups is 1. The molecule has 0 fully saturated rings. The van der Waals surface area contributed by atoms with Gasteiger partial charge in [0.1, 0.15) is 5.76 Å². The van der Waals surface area contributed by atoms with Crippen LogP contribution in [0.25, 0.3) is 11.2 Å². The number of pyridine rings is 1. The van der Waals surface area contributed by atoms with Crippen molar-refractivity contribution in [2.24, 2.45) is 0 Å². The molecule has 110 valence electrons. The summed E-state index contributed by atoms with van der Waals surface area (Å²) in [7, 11) is 0. The fourth-order valence-corrected chi connectivity index (χ4v) is 1.91. The van der Waals surface area contributed by atoms with E-state index in [1.165, 1.54) is 0 Å². The van der Waals surface area contributed by atoms with Crippen molar-refractivity contribution in [1.29, 1.82) is 0 Å².